The van der Waals surface area contributed by atoms with Gasteiger partial charge in [-0.2, -0.15) is 0 Å². The van der Waals surface area contributed by atoms with Crippen molar-refractivity contribution in [3.05, 3.63) is 182 Å². The minimum absolute atomic E-state index is 0.642. The molecule has 5 heteroatoms. The number of aromatic nitrogens is 4. The van der Waals surface area contributed by atoms with E-state index in [1.54, 1.807) is 0 Å². The first kappa shape index (κ1) is 31.2. The van der Waals surface area contributed by atoms with Gasteiger partial charge in [0.15, 0.2) is 17.5 Å². The van der Waals surface area contributed by atoms with Crippen LogP contribution in [0.4, 0.5) is 0 Å². The van der Waals surface area contributed by atoms with Gasteiger partial charge >= 0.3 is 0 Å². The van der Waals surface area contributed by atoms with Crippen molar-refractivity contribution in [3.63, 3.8) is 0 Å². The monoisotopic (exact) mass is 730 g/mol. The van der Waals surface area contributed by atoms with E-state index in [1.165, 1.54) is 57.9 Å². The number of hydrogen-bond acceptors (Lipinski definition) is 4. The molecule has 0 radical (unpaired) electrons. The Hall–Kier alpha value is -7.21. The molecule has 0 aliphatic heterocycles. The Balaban J connectivity index is 1.18. The summed E-state index contributed by atoms with van der Waals surface area (Å²) in [5, 5.41) is 12.1. The van der Waals surface area contributed by atoms with Crippen LogP contribution in [0.15, 0.2) is 182 Å². The number of rotatable bonds is 4. The Kier molecular flexibility index (Phi) is 6.76. The van der Waals surface area contributed by atoms with E-state index in [-0.39, 0.29) is 0 Å². The second-order valence-corrected chi connectivity index (χ2v) is 15.4. The molecule has 4 nitrogen and oxygen atoms in total. The van der Waals surface area contributed by atoms with Gasteiger partial charge < -0.3 is 4.57 Å². The first-order valence-electron chi connectivity index (χ1n) is 18.9. The fourth-order valence-electron chi connectivity index (χ4n) is 8.68. The Morgan fingerprint density at radius 3 is 1.75 bits per heavy atom. The topological polar surface area (TPSA) is 43.6 Å². The first-order valence-corrected chi connectivity index (χ1v) is 19.7. The van der Waals surface area contributed by atoms with Crippen LogP contribution in [-0.4, -0.2) is 19.5 Å². The minimum Gasteiger partial charge on any atom is -0.309 e. The lowest BCUT2D eigenvalue weighted by Crippen LogP contribution is -2.01. The van der Waals surface area contributed by atoms with Gasteiger partial charge in [0.1, 0.15) is 0 Å². The summed E-state index contributed by atoms with van der Waals surface area (Å²) in [5.41, 5.74) is 6.33. The second kappa shape index (κ2) is 12.2. The standard InChI is InChI=1S/C51H30N4S/c1-3-15-33(16-4-1)49-52-50(35-25-27-43-40(30-35)39-21-11-12-22-42(39)55(43)36-17-5-2-6-18-36)54-51(53-49)41-29-34-24-23-31-13-7-9-19-37(31)45(34)48-47(41)46-38-20-10-8-14-32(38)26-28-44(46)56-48/h1-30H. The highest BCUT2D eigenvalue weighted by atomic mass is 32.1. The Morgan fingerprint density at radius 1 is 0.375 bits per heavy atom. The van der Waals surface area contributed by atoms with Gasteiger partial charge in [-0.25, -0.2) is 15.0 Å². The van der Waals surface area contributed by atoms with E-state index in [0.29, 0.717) is 17.5 Å². The maximum Gasteiger partial charge on any atom is 0.164 e. The zero-order valence-electron chi connectivity index (χ0n) is 30.0. The number of hydrogen-bond donors (Lipinski definition) is 0. The lowest BCUT2D eigenvalue weighted by atomic mass is 9.94. The van der Waals surface area contributed by atoms with Crippen molar-refractivity contribution in [1.82, 2.24) is 19.5 Å². The number of thiophene rings is 1. The molecule has 0 fully saturated rings. The van der Waals surface area contributed by atoms with Gasteiger partial charge in [-0.15, -0.1) is 11.3 Å². The van der Waals surface area contributed by atoms with Crippen LogP contribution in [0.1, 0.15) is 0 Å². The molecule has 0 amide bonds. The lowest BCUT2D eigenvalue weighted by molar-refractivity contribution is 1.08. The molecular formula is C51H30N4S. The summed E-state index contributed by atoms with van der Waals surface area (Å²) in [6.07, 6.45) is 0. The fraction of sp³-hybridized carbons (Fsp3) is 0. The smallest absolute Gasteiger partial charge is 0.164 e. The molecule has 0 aliphatic carbocycles. The van der Waals surface area contributed by atoms with E-state index in [4.69, 9.17) is 15.0 Å². The van der Waals surface area contributed by atoms with Crippen molar-refractivity contribution >= 4 is 85.6 Å². The second-order valence-electron chi connectivity index (χ2n) is 14.4. The lowest BCUT2D eigenvalue weighted by Gasteiger charge is -2.13. The average Bonchev–Trinajstić information content (AvgIpc) is 3.83. The highest BCUT2D eigenvalue weighted by molar-refractivity contribution is 7.27. The molecule has 3 aromatic heterocycles. The van der Waals surface area contributed by atoms with Gasteiger partial charge in [-0.1, -0.05) is 133 Å². The summed E-state index contributed by atoms with van der Waals surface area (Å²) in [6.45, 7) is 0. The summed E-state index contributed by atoms with van der Waals surface area (Å²) in [4.78, 5) is 15.9. The van der Waals surface area contributed by atoms with Gasteiger partial charge in [-0.05, 0) is 75.5 Å². The van der Waals surface area contributed by atoms with Gasteiger partial charge in [0.05, 0.1) is 11.0 Å². The van der Waals surface area contributed by atoms with Crippen LogP contribution in [0, 0.1) is 0 Å². The molecule has 12 rings (SSSR count). The van der Waals surface area contributed by atoms with Crippen LogP contribution in [0.3, 0.4) is 0 Å². The van der Waals surface area contributed by atoms with Gasteiger partial charge in [0.25, 0.3) is 0 Å². The molecule has 0 spiro atoms. The summed E-state index contributed by atoms with van der Waals surface area (Å²) < 4.78 is 4.83. The molecule has 0 atom stereocenters. The van der Waals surface area contributed by atoms with Crippen LogP contribution < -0.4 is 0 Å². The number of nitrogens with zero attached hydrogens (tertiary/aromatic N) is 4. The van der Waals surface area contributed by atoms with E-state index in [0.717, 1.165) is 38.8 Å². The molecule has 0 unspecified atom stereocenters. The van der Waals surface area contributed by atoms with Crippen molar-refractivity contribution < 1.29 is 0 Å². The molecule has 12 aromatic rings. The average molecular weight is 731 g/mol. The molecule has 0 N–H and O–H groups in total. The molecule has 0 saturated heterocycles. The third-order valence-corrected chi connectivity index (χ3v) is 12.4. The van der Waals surface area contributed by atoms with Crippen LogP contribution in [0.2, 0.25) is 0 Å². The normalized spacial score (nSPS) is 11.9. The van der Waals surface area contributed by atoms with E-state index >= 15 is 0 Å². The van der Waals surface area contributed by atoms with Crippen molar-refractivity contribution in [3.8, 4) is 39.9 Å². The van der Waals surface area contributed by atoms with Crippen LogP contribution >= 0.6 is 11.3 Å². The van der Waals surface area contributed by atoms with Crippen LogP contribution in [-0.2, 0) is 0 Å². The molecule has 0 saturated carbocycles. The van der Waals surface area contributed by atoms with E-state index < -0.39 is 0 Å². The summed E-state index contributed by atoms with van der Waals surface area (Å²) in [7, 11) is 0. The predicted octanol–water partition coefficient (Wildman–Crippen LogP) is 13.8. The zero-order valence-corrected chi connectivity index (χ0v) is 30.8. The summed E-state index contributed by atoms with van der Waals surface area (Å²) in [6, 6.07) is 64.8. The number of para-hydroxylation sites is 2. The van der Waals surface area contributed by atoms with Crippen molar-refractivity contribution in [1.29, 1.82) is 0 Å². The molecule has 9 aromatic carbocycles. The van der Waals surface area contributed by atoms with Crippen molar-refractivity contribution in [2.75, 3.05) is 0 Å². The SMILES string of the molecule is c1ccc(-c2nc(-c3ccc4c(c3)c3ccccc3n4-c3ccccc3)nc(-c3cc4ccc5ccccc5c4c4sc5ccc6ccccc6c5c34)n2)cc1. The third kappa shape index (κ3) is 4.68. The maximum absolute atomic E-state index is 5.41. The van der Waals surface area contributed by atoms with Crippen molar-refractivity contribution in [2.45, 2.75) is 0 Å². The van der Waals surface area contributed by atoms with E-state index in [2.05, 4.69) is 168 Å². The molecule has 260 valence electrons. The highest BCUT2D eigenvalue weighted by Gasteiger charge is 2.22. The van der Waals surface area contributed by atoms with Crippen LogP contribution in [0.5, 0.6) is 0 Å². The number of fused-ring (bicyclic) bond motifs is 12. The molecule has 3 heterocycles. The van der Waals surface area contributed by atoms with Crippen molar-refractivity contribution in [2.24, 2.45) is 0 Å². The minimum atomic E-state index is 0.642. The Labute approximate surface area is 325 Å². The number of benzene rings is 9. The molecule has 0 bridgehead atoms. The Morgan fingerprint density at radius 2 is 0.964 bits per heavy atom. The fourth-order valence-corrected chi connectivity index (χ4v) is 9.99. The summed E-state index contributed by atoms with van der Waals surface area (Å²) in [5.74, 6) is 1.95. The quantitative estimate of drug-likeness (QED) is 0.169. The van der Waals surface area contributed by atoms with Gasteiger partial charge in [-0.3, -0.25) is 0 Å². The zero-order chi connectivity index (χ0) is 36.7. The van der Waals surface area contributed by atoms with Gasteiger partial charge in [0.2, 0.25) is 0 Å². The molecule has 0 aliphatic rings. The molecular weight excluding hydrogens is 701 g/mol. The first-order chi connectivity index (χ1) is 27.8. The third-order valence-electron chi connectivity index (χ3n) is 11.2. The maximum atomic E-state index is 5.41. The van der Waals surface area contributed by atoms with E-state index in [1.807, 2.05) is 29.5 Å². The summed E-state index contributed by atoms with van der Waals surface area (Å²) >= 11 is 1.86. The predicted molar refractivity (Wildman–Crippen MR) is 236 cm³/mol. The Bertz CT molecular complexity index is 3530. The van der Waals surface area contributed by atoms with Crippen LogP contribution in [0.25, 0.3) is 114 Å². The van der Waals surface area contributed by atoms with E-state index in [9.17, 15) is 0 Å². The highest BCUT2D eigenvalue weighted by Crippen LogP contribution is 2.48. The largest absolute Gasteiger partial charge is 0.309 e. The molecule has 56 heavy (non-hydrogen) atoms. The van der Waals surface area contributed by atoms with Gasteiger partial charge in [0, 0.05) is 58.7 Å².